The van der Waals surface area contributed by atoms with Crippen molar-refractivity contribution in [3.05, 3.63) is 69.2 Å². The second-order valence-electron chi connectivity index (χ2n) is 6.51. The quantitative estimate of drug-likeness (QED) is 0.546. The Kier molecular flexibility index (Phi) is 6.73. The number of nitrogens with two attached hydrogens (primary N) is 1. The van der Waals surface area contributed by atoms with Gasteiger partial charge >= 0.3 is 11.5 Å². The van der Waals surface area contributed by atoms with Crippen LogP contribution in [-0.4, -0.2) is 57.8 Å². The number of carboxylic acid groups (broad SMARTS) is 1. The number of benzene rings is 1. The molecule has 162 valence electrons. The van der Waals surface area contributed by atoms with E-state index in [0.29, 0.717) is 36.9 Å². The number of hydrogen-bond donors (Lipinski definition) is 3. The molecule has 1 amide bonds. The van der Waals surface area contributed by atoms with Crippen LogP contribution in [0.5, 0.6) is 5.75 Å². The highest BCUT2D eigenvalue weighted by Gasteiger charge is 2.19. The molecule has 0 bridgehead atoms. The van der Waals surface area contributed by atoms with E-state index in [-0.39, 0.29) is 5.65 Å². The van der Waals surface area contributed by atoms with Gasteiger partial charge in [0.2, 0.25) is 11.7 Å². The molecule has 10 nitrogen and oxygen atoms in total. The van der Waals surface area contributed by atoms with Crippen molar-refractivity contribution in [2.75, 3.05) is 31.2 Å². The van der Waals surface area contributed by atoms with Gasteiger partial charge in [-0.25, -0.2) is 9.78 Å². The Morgan fingerprint density at radius 2 is 1.74 bits per heavy atom. The number of hydrogen-bond acceptors (Lipinski definition) is 7. The van der Waals surface area contributed by atoms with Crippen molar-refractivity contribution in [1.29, 1.82) is 0 Å². The van der Waals surface area contributed by atoms with Crippen molar-refractivity contribution < 1.29 is 24.5 Å². The summed E-state index contributed by atoms with van der Waals surface area (Å²) < 4.78 is 6.41. The molecule has 0 unspecified atom stereocenters. The lowest BCUT2D eigenvalue weighted by atomic mass is 10.2. The standard InChI is InChI=1S/C13H13N3O5.C7H6ClNO/c17-11-10(13(19)20)14-9-2-1-8(7-16(9)12(11)18)15-3-5-21-6-4-15;8-6-3-1-5(2-4-6)7(9)10/h1-2,7,17H,3-6H2,(H,19,20);1-4H,(H2,9,10). The summed E-state index contributed by atoms with van der Waals surface area (Å²) >= 11 is 5.56. The molecule has 3 heterocycles. The molecule has 0 radical (unpaired) electrons. The summed E-state index contributed by atoms with van der Waals surface area (Å²) in [6.07, 6.45) is 1.54. The molecule has 0 saturated carbocycles. The minimum atomic E-state index is -1.44. The number of morpholine rings is 1. The lowest BCUT2D eigenvalue weighted by Gasteiger charge is -2.28. The van der Waals surface area contributed by atoms with Crippen LogP contribution in [0.2, 0.25) is 5.02 Å². The minimum Gasteiger partial charge on any atom is -0.501 e. The van der Waals surface area contributed by atoms with E-state index in [1.165, 1.54) is 0 Å². The Bertz CT molecular complexity index is 1170. The number of carbonyl (C=O) groups excluding carboxylic acids is 1. The molecule has 1 fully saturated rings. The van der Waals surface area contributed by atoms with Crippen molar-refractivity contribution >= 4 is 34.8 Å². The molecule has 4 rings (SSSR count). The number of amides is 1. The van der Waals surface area contributed by atoms with Gasteiger partial charge in [-0.15, -0.1) is 0 Å². The van der Waals surface area contributed by atoms with E-state index in [0.717, 1.165) is 10.1 Å². The van der Waals surface area contributed by atoms with Gasteiger partial charge in [-0.1, -0.05) is 11.6 Å². The third kappa shape index (κ3) is 5.11. The Labute approximate surface area is 181 Å². The van der Waals surface area contributed by atoms with E-state index in [2.05, 4.69) is 4.98 Å². The van der Waals surface area contributed by atoms with Crippen LogP contribution in [0.15, 0.2) is 47.4 Å². The van der Waals surface area contributed by atoms with Crippen LogP contribution in [0.25, 0.3) is 5.65 Å². The summed E-state index contributed by atoms with van der Waals surface area (Å²) in [5.41, 5.74) is 4.98. The third-order valence-corrected chi connectivity index (χ3v) is 4.74. The number of aromatic nitrogens is 2. The monoisotopic (exact) mass is 446 g/mol. The van der Waals surface area contributed by atoms with Crippen molar-refractivity contribution in [3.8, 4) is 5.75 Å². The fourth-order valence-corrected chi connectivity index (χ4v) is 3.02. The highest BCUT2D eigenvalue weighted by atomic mass is 35.5. The number of carboxylic acids is 1. The Morgan fingerprint density at radius 1 is 1.10 bits per heavy atom. The predicted octanol–water partition coefficient (Wildman–Crippen LogP) is 1.37. The number of aromatic carboxylic acids is 1. The van der Waals surface area contributed by atoms with Crippen LogP contribution < -0.4 is 16.2 Å². The van der Waals surface area contributed by atoms with Crippen molar-refractivity contribution in [1.82, 2.24) is 9.38 Å². The van der Waals surface area contributed by atoms with Gasteiger partial charge < -0.3 is 25.6 Å². The first-order chi connectivity index (χ1) is 14.8. The Morgan fingerprint density at radius 3 is 2.32 bits per heavy atom. The first kappa shape index (κ1) is 22.1. The molecule has 1 aromatic carbocycles. The van der Waals surface area contributed by atoms with Crippen LogP contribution >= 0.6 is 11.6 Å². The maximum absolute atomic E-state index is 12.1. The fraction of sp³-hybridized carbons (Fsp3) is 0.200. The SMILES string of the molecule is NC(=O)c1ccc(Cl)cc1.O=C(O)c1nc2ccc(N3CCOCC3)cn2c(=O)c1O. The van der Waals surface area contributed by atoms with Gasteiger partial charge in [0.25, 0.3) is 0 Å². The number of rotatable bonds is 3. The molecule has 3 aromatic rings. The second-order valence-corrected chi connectivity index (χ2v) is 6.94. The number of ether oxygens (including phenoxy) is 1. The van der Waals surface area contributed by atoms with E-state index < -0.39 is 28.9 Å². The number of pyridine rings is 1. The third-order valence-electron chi connectivity index (χ3n) is 4.49. The zero-order chi connectivity index (χ0) is 22.5. The maximum Gasteiger partial charge on any atom is 0.358 e. The van der Waals surface area contributed by atoms with E-state index in [9.17, 15) is 19.5 Å². The number of anilines is 1. The lowest BCUT2D eigenvalue weighted by Crippen LogP contribution is -2.36. The van der Waals surface area contributed by atoms with Gasteiger partial charge in [0.1, 0.15) is 5.65 Å². The molecule has 0 atom stereocenters. The van der Waals surface area contributed by atoms with E-state index in [4.69, 9.17) is 27.2 Å². The maximum atomic E-state index is 12.1. The van der Waals surface area contributed by atoms with Crippen LogP contribution in [-0.2, 0) is 4.74 Å². The van der Waals surface area contributed by atoms with Crippen LogP contribution in [0, 0.1) is 0 Å². The van der Waals surface area contributed by atoms with Gasteiger partial charge in [0, 0.05) is 29.9 Å². The molecule has 2 aromatic heterocycles. The highest BCUT2D eigenvalue weighted by Crippen LogP contribution is 2.18. The van der Waals surface area contributed by atoms with Crippen LogP contribution in [0.4, 0.5) is 5.69 Å². The Hall–Kier alpha value is -3.63. The summed E-state index contributed by atoms with van der Waals surface area (Å²) in [5.74, 6) is -2.74. The molecule has 1 aliphatic rings. The molecule has 31 heavy (non-hydrogen) atoms. The first-order valence-electron chi connectivity index (χ1n) is 9.14. The van der Waals surface area contributed by atoms with Crippen molar-refractivity contribution in [3.63, 3.8) is 0 Å². The van der Waals surface area contributed by atoms with E-state index in [1.807, 2.05) is 4.90 Å². The highest BCUT2D eigenvalue weighted by molar-refractivity contribution is 6.30. The summed E-state index contributed by atoms with van der Waals surface area (Å²) in [6, 6.07) is 9.74. The van der Waals surface area contributed by atoms with Gasteiger partial charge in [-0.05, 0) is 36.4 Å². The summed E-state index contributed by atoms with van der Waals surface area (Å²) in [7, 11) is 0. The molecule has 11 heteroatoms. The summed E-state index contributed by atoms with van der Waals surface area (Å²) in [6.45, 7) is 2.61. The van der Waals surface area contributed by atoms with Gasteiger partial charge in [0.05, 0.1) is 18.9 Å². The summed E-state index contributed by atoms with van der Waals surface area (Å²) in [4.78, 5) is 39.3. The largest absolute Gasteiger partial charge is 0.501 e. The molecule has 1 saturated heterocycles. The Balaban J connectivity index is 0.000000229. The molecular formula is C20H19ClN4O6. The summed E-state index contributed by atoms with van der Waals surface area (Å²) in [5, 5.41) is 19.2. The number of carbonyl (C=O) groups is 2. The molecule has 0 spiro atoms. The fourth-order valence-electron chi connectivity index (χ4n) is 2.89. The number of fused-ring (bicyclic) bond motifs is 1. The van der Waals surface area contributed by atoms with Gasteiger partial charge in [0.15, 0.2) is 5.69 Å². The van der Waals surface area contributed by atoms with Gasteiger partial charge in [-0.3, -0.25) is 14.0 Å². The smallest absolute Gasteiger partial charge is 0.358 e. The normalized spacial score (nSPS) is 13.4. The van der Waals surface area contributed by atoms with Gasteiger partial charge in [-0.2, -0.15) is 0 Å². The van der Waals surface area contributed by atoms with Crippen LogP contribution in [0.1, 0.15) is 20.8 Å². The number of primary amides is 1. The number of aromatic hydroxyl groups is 1. The zero-order valence-electron chi connectivity index (χ0n) is 16.2. The first-order valence-corrected chi connectivity index (χ1v) is 9.52. The lowest BCUT2D eigenvalue weighted by molar-refractivity contribution is 0.0686. The average Bonchev–Trinajstić information content (AvgIpc) is 2.77. The topological polar surface area (TPSA) is 147 Å². The molecule has 4 N–H and O–H groups in total. The van der Waals surface area contributed by atoms with Crippen LogP contribution in [0.3, 0.4) is 0 Å². The predicted molar refractivity (Wildman–Crippen MR) is 113 cm³/mol. The molecule has 1 aliphatic heterocycles. The average molecular weight is 447 g/mol. The number of nitrogens with zero attached hydrogens (tertiary/aromatic N) is 3. The molecular weight excluding hydrogens is 428 g/mol. The minimum absolute atomic E-state index is 0.173. The number of halogens is 1. The van der Waals surface area contributed by atoms with E-state index >= 15 is 0 Å². The van der Waals surface area contributed by atoms with E-state index in [1.54, 1.807) is 42.6 Å². The second kappa shape index (κ2) is 9.45. The van der Waals surface area contributed by atoms with Crippen molar-refractivity contribution in [2.24, 2.45) is 5.73 Å². The van der Waals surface area contributed by atoms with Crippen molar-refractivity contribution in [2.45, 2.75) is 0 Å². The molecule has 0 aliphatic carbocycles. The zero-order valence-corrected chi connectivity index (χ0v) is 17.0.